The molecule has 0 saturated heterocycles. The Labute approximate surface area is 202 Å². The van der Waals surface area contributed by atoms with Crippen LogP contribution >= 0.6 is 0 Å². The molecule has 0 aliphatic rings. The normalized spacial score (nSPS) is 14.2. The zero-order chi connectivity index (χ0) is 24.6. The summed E-state index contributed by atoms with van der Waals surface area (Å²) in [5, 5.41) is 2.83. The minimum absolute atomic E-state index is 0.0664. The van der Waals surface area contributed by atoms with E-state index in [0.717, 1.165) is 64.2 Å². The first-order valence-electron chi connectivity index (χ1n) is 12.7. The fraction of sp³-hybridized carbons (Fsp3) is 0.586. The van der Waals surface area contributed by atoms with Crippen LogP contribution in [0.25, 0.3) is 0 Å². The largest absolute Gasteiger partial charge is 0.467 e. The number of nitrogens with one attached hydrogen (secondary N) is 1. The van der Waals surface area contributed by atoms with Gasteiger partial charge in [0.05, 0.1) is 7.11 Å². The van der Waals surface area contributed by atoms with E-state index in [4.69, 9.17) is 4.74 Å². The Hall–Kier alpha value is -2.36. The van der Waals surface area contributed by atoms with Gasteiger partial charge in [-0.2, -0.15) is 0 Å². The van der Waals surface area contributed by atoms with Crippen molar-refractivity contribution in [3.8, 4) is 0 Å². The Morgan fingerprint density at radius 3 is 1.76 bits per heavy atom. The van der Waals surface area contributed by atoms with Gasteiger partial charge in [0.15, 0.2) is 0 Å². The SMILES string of the molecule is CC/C=C\C/C=C\C/C=C\C/C=C\C/C=C\CCCCCC(=O)N[C@H](C(=O)OC)[C@@H](C)CC. The molecule has 0 aliphatic heterocycles. The van der Waals surface area contributed by atoms with Crippen LogP contribution in [-0.4, -0.2) is 25.0 Å². The van der Waals surface area contributed by atoms with Crippen LogP contribution in [0.5, 0.6) is 0 Å². The van der Waals surface area contributed by atoms with Crippen molar-refractivity contribution < 1.29 is 14.3 Å². The third-order valence-electron chi connectivity index (χ3n) is 5.42. The van der Waals surface area contributed by atoms with E-state index in [1.807, 2.05) is 13.8 Å². The molecular formula is C29H47NO3. The first-order chi connectivity index (χ1) is 16.1. The summed E-state index contributed by atoms with van der Waals surface area (Å²) in [6.07, 6.45) is 32.3. The molecule has 0 unspecified atom stereocenters. The van der Waals surface area contributed by atoms with Crippen molar-refractivity contribution >= 4 is 11.9 Å². The molecule has 0 saturated carbocycles. The van der Waals surface area contributed by atoms with Crippen LogP contribution in [0, 0.1) is 5.92 Å². The lowest BCUT2D eigenvalue weighted by atomic mass is 9.99. The quantitative estimate of drug-likeness (QED) is 0.125. The molecule has 186 valence electrons. The maximum atomic E-state index is 12.1. The highest BCUT2D eigenvalue weighted by Gasteiger charge is 2.26. The van der Waals surface area contributed by atoms with Gasteiger partial charge in [0.1, 0.15) is 6.04 Å². The number of allylic oxidation sites excluding steroid dienone is 10. The second kappa shape index (κ2) is 22.8. The van der Waals surface area contributed by atoms with Gasteiger partial charge in [-0.15, -0.1) is 0 Å². The standard InChI is InChI=1S/C29H47NO3/c1-5-7-8-9-10-11-12-13-14-15-16-17-18-19-20-21-22-23-24-25-27(31)30-28(26(3)6-2)29(32)33-4/h7-8,10-11,13-14,16-17,19-20,26,28H,5-6,9,12,15,18,21-25H2,1-4H3,(H,30,31)/b8-7-,11-10-,14-13-,17-16-,20-19-/t26-,28-/m0/s1. The third-order valence-corrected chi connectivity index (χ3v) is 5.42. The van der Waals surface area contributed by atoms with Crippen molar-refractivity contribution in [2.75, 3.05) is 7.11 Å². The van der Waals surface area contributed by atoms with Gasteiger partial charge < -0.3 is 10.1 Å². The van der Waals surface area contributed by atoms with E-state index >= 15 is 0 Å². The lowest BCUT2D eigenvalue weighted by Gasteiger charge is -2.21. The predicted octanol–water partition coefficient (Wildman–Crippen LogP) is 7.39. The van der Waals surface area contributed by atoms with Gasteiger partial charge in [0, 0.05) is 6.42 Å². The molecule has 0 aromatic carbocycles. The highest BCUT2D eigenvalue weighted by Crippen LogP contribution is 2.11. The lowest BCUT2D eigenvalue weighted by Crippen LogP contribution is -2.45. The molecule has 0 spiro atoms. The van der Waals surface area contributed by atoms with Gasteiger partial charge in [-0.05, 0) is 57.3 Å². The smallest absolute Gasteiger partial charge is 0.328 e. The summed E-state index contributed by atoms with van der Waals surface area (Å²) < 4.78 is 4.81. The van der Waals surface area contributed by atoms with Gasteiger partial charge in [-0.3, -0.25) is 4.79 Å². The van der Waals surface area contributed by atoms with Crippen LogP contribution in [0.1, 0.15) is 91.4 Å². The third kappa shape index (κ3) is 18.9. The van der Waals surface area contributed by atoms with Gasteiger partial charge in [-0.25, -0.2) is 4.79 Å². The Bertz CT molecular complexity index is 643. The summed E-state index contributed by atoms with van der Waals surface area (Å²) in [5.74, 6) is -0.367. The number of hydrogen-bond acceptors (Lipinski definition) is 3. The molecule has 0 heterocycles. The molecule has 1 amide bonds. The molecular weight excluding hydrogens is 410 g/mol. The molecule has 4 heteroatoms. The van der Waals surface area contributed by atoms with Crippen molar-refractivity contribution in [3.63, 3.8) is 0 Å². The number of ether oxygens (including phenoxy) is 1. The number of unbranched alkanes of at least 4 members (excludes halogenated alkanes) is 3. The van der Waals surface area contributed by atoms with Crippen molar-refractivity contribution in [3.05, 3.63) is 60.8 Å². The first kappa shape index (κ1) is 30.6. The molecule has 0 fully saturated rings. The molecule has 0 rings (SSSR count). The molecule has 2 atom stereocenters. The highest BCUT2D eigenvalue weighted by molar-refractivity contribution is 5.84. The Kier molecular flexibility index (Phi) is 21.2. The zero-order valence-electron chi connectivity index (χ0n) is 21.4. The maximum Gasteiger partial charge on any atom is 0.328 e. The Balaban J connectivity index is 3.76. The number of hydrogen-bond donors (Lipinski definition) is 1. The summed E-state index contributed by atoms with van der Waals surface area (Å²) in [7, 11) is 1.36. The zero-order valence-corrected chi connectivity index (χ0v) is 21.4. The van der Waals surface area contributed by atoms with E-state index in [9.17, 15) is 9.59 Å². The molecule has 0 aromatic rings. The number of esters is 1. The monoisotopic (exact) mass is 457 g/mol. The van der Waals surface area contributed by atoms with Crippen LogP contribution in [0.2, 0.25) is 0 Å². The van der Waals surface area contributed by atoms with E-state index in [-0.39, 0.29) is 17.8 Å². The topological polar surface area (TPSA) is 55.4 Å². The minimum Gasteiger partial charge on any atom is -0.467 e. The molecule has 33 heavy (non-hydrogen) atoms. The molecule has 0 bridgehead atoms. The highest BCUT2D eigenvalue weighted by atomic mass is 16.5. The molecule has 4 nitrogen and oxygen atoms in total. The van der Waals surface area contributed by atoms with E-state index in [1.54, 1.807) is 0 Å². The second-order valence-corrected chi connectivity index (χ2v) is 8.26. The Morgan fingerprint density at radius 1 is 0.758 bits per heavy atom. The van der Waals surface area contributed by atoms with Gasteiger partial charge in [-0.1, -0.05) is 94.4 Å². The lowest BCUT2D eigenvalue weighted by molar-refractivity contribution is -0.146. The fourth-order valence-corrected chi connectivity index (χ4v) is 3.13. The van der Waals surface area contributed by atoms with Gasteiger partial charge >= 0.3 is 5.97 Å². The molecule has 0 aromatic heterocycles. The van der Waals surface area contributed by atoms with Crippen LogP contribution in [-0.2, 0) is 14.3 Å². The first-order valence-corrected chi connectivity index (χ1v) is 12.7. The number of methoxy groups -OCH3 is 1. The molecule has 1 N–H and O–H groups in total. The average Bonchev–Trinajstić information content (AvgIpc) is 2.82. The summed E-state index contributed by atoms with van der Waals surface area (Å²) in [5.41, 5.74) is 0. The van der Waals surface area contributed by atoms with Crippen molar-refractivity contribution in [1.82, 2.24) is 5.32 Å². The van der Waals surface area contributed by atoms with Crippen molar-refractivity contribution in [1.29, 1.82) is 0 Å². The number of rotatable bonds is 19. The van der Waals surface area contributed by atoms with E-state index < -0.39 is 6.04 Å². The summed E-state index contributed by atoms with van der Waals surface area (Å²) >= 11 is 0. The van der Waals surface area contributed by atoms with Gasteiger partial charge in [0.25, 0.3) is 0 Å². The number of amides is 1. The maximum absolute atomic E-state index is 12.1. The number of carbonyl (C=O) groups excluding carboxylic acids is 2. The molecule has 0 aliphatic carbocycles. The summed E-state index contributed by atoms with van der Waals surface area (Å²) in [6, 6.07) is -0.547. The summed E-state index contributed by atoms with van der Waals surface area (Å²) in [4.78, 5) is 24.0. The molecule has 0 radical (unpaired) electrons. The van der Waals surface area contributed by atoms with Crippen molar-refractivity contribution in [2.45, 2.75) is 97.4 Å². The van der Waals surface area contributed by atoms with E-state index in [2.05, 4.69) is 73.0 Å². The van der Waals surface area contributed by atoms with Crippen LogP contribution in [0.4, 0.5) is 0 Å². The van der Waals surface area contributed by atoms with E-state index in [1.165, 1.54) is 7.11 Å². The van der Waals surface area contributed by atoms with Crippen LogP contribution in [0.15, 0.2) is 60.8 Å². The summed E-state index contributed by atoms with van der Waals surface area (Å²) in [6.45, 7) is 6.10. The average molecular weight is 458 g/mol. The van der Waals surface area contributed by atoms with Crippen LogP contribution < -0.4 is 5.32 Å². The van der Waals surface area contributed by atoms with Gasteiger partial charge in [0.2, 0.25) is 5.91 Å². The predicted molar refractivity (Wildman–Crippen MR) is 141 cm³/mol. The minimum atomic E-state index is -0.547. The Morgan fingerprint density at radius 2 is 1.27 bits per heavy atom. The second-order valence-electron chi connectivity index (χ2n) is 8.26. The van der Waals surface area contributed by atoms with E-state index in [0.29, 0.717) is 6.42 Å². The fourth-order valence-electron chi connectivity index (χ4n) is 3.13. The van der Waals surface area contributed by atoms with Crippen LogP contribution in [0.3, 0.4) is 0 Å². The van der Waals surface area contributed by atoms with Crippen molar-refractivity contribution in [2.24, 2.45) is 5.92 Å². The number of carbonyl (C=O) groups is 2.